The van der Waals surface area contributed by atoms with Gasteiger partial charge in [0.15, 0.2) is 0 Å². The highest BCUT2D eigenvalue weighted by Gasteiger charge is 2.37. The van der Waals surface area contributed by atoms with Gasteiger partial charge in [-0.15, -0.1) is 0 Å². The van der Waals surface area contributed by atoms with Gasteiger partial charge in [0.2, 0.25) is 0 Å². The number of nitrogens with zero attached hydrogens (tertiary/aromatic N) is 1. The molecule has 19 heavy (non-hydrogen) atoms. The molecule has 1 aromatic rings. The van der Waals surface area contributed by atoms with Gasteiger partial charge >= 0.3 is 6.09 Å². The summed E-state index contributed by atoms with van der Waals surface area (Å²) in [6.45, 7) is 7.89. The van der Waals surface area contributed by atoms with Crippen LogP contribution in [0.3, 0.4) is 0 Å². The molecule has 0 radical (unpaired) electrons. The Morgan fingerprint density at radius 2 is 2.21 bits per heavy atom. The Morgan fingerprint density at radius 1 is 1.47 bits per heavy atom. The van der Waals surface area contributed by atoms with Crippen molar-refractivity contribution in [2.45, 2.75) is 25.8 Å². The number of hydrogen-bond donors (Lipinski definition) is 0. The van der Waals surface area contributed by atoms with Crippen LogP contribution in [0.1, 0.15) is 25.3 Å². The van der Waals surface area contributed by atoms with Crippen molar-refractivity contribution in [1.82, 2.24) is 0 Å². The van der Waals surface area contributed by atoms with E-state index in [1.54, 1.807) is 18.1 Å². The Bertz CT molecular complexity index is 498. The lowest BCUT2D eigenvalue weighted by Gasteiger charge is -2.23. The fourth-order valence-corrected chi connectivity index (χ4v) is 2.41. The predicted molar refractivity (Wildman–Crippen MR) is 74.9 cm³/mol. The number of carbonyl (C=O) groups excluding carboxylic acids is 1. The molecule has 4 heteroatoms. The van der Waals surface area contributed by atoms with Crippen LogP contribution < -0.4 is 9.64 Å². The quantitative estimate of drug-likeness (QED) is 0.783. The molecule has 1 heterocycles. The van der Waals surface area contributed by atoms with Gasteiger partial charge in [-0.25, -0.2) is 4.79 Å². The number of fused-ring (bicyclic) bond motifs is 1. The van der Waals surface area contributed by atoms with Crippen molar-refractivity contribution in [3.8, 4) is 5.75 Å². The molecule has 2 atom stereocenters. The van der Waals surface area contributed by atoms with Crippen LogP contribution in [0.5, 0.6) is 5.75 Å². The first-order valence-electron chi connectivity index (χ1n) is 6.35. The molecule has 0 saturated carbocycles. The minimum absolute atomic E-state index is 0.0689. The second-order valence-corrected chi connectivity index (χ2v) is 4.69. The first-order chi connectivity index (χ1) is 9.10. The maximum Gasteiger partial charge on any atom is 0.414 e. The second-order valence-electron chi connectivity index (χ2n) is 4.69. The summed E-state index contributed by atoms with van der Waals surface area (Å²) in [7, 11) is 1.64. The molecule has 1 aromatic carbocycles. The largest absolute Gasteiger partial charge is 0.497 e. The lowest BCUT2D eigenvalue weighted by Crippen LogP contribution is -2.37. The molecular weight excluding hydrogens is 242 g/mol. The van der Waals surface area contributed by atoms with Crippen LogP contribution in [-0.4, -0.2) is 25.9 Å². The maximum atomic E-state index is 12.1. The number of benzene rings is 1. The van der Waals surface area contributed by atoms with E-state index < -0.39 is 0 Å². The first kappa shape index (κ1) is 13.5. The highest BCUT2D eigenvalue weighted by Crippen LogP contribution is 2.42. The molecule has 0 aromatic heterocycles. The summed E-state index contributed by atoms with van der Waals surface area (Å²) in [5, 5.41) is 0. The van der Waals surface area contributed by atoms with Crippen LogP contribution in [0, 0.1) is 0 Å². The summed E-state index contributed by atoms with van der Waals surface area (Å²) in [5.41, 5.74) is 2.01. The molecule has 102 valence electrons. The number of anilines is 1. The van der Waals surface area contributed by atoms with E-state index in [0.29, 0.717) is 0 Å². The van der Waals surface area contributed by atoms with Crippen molar-refractivity contribution in [1.29, 1.82) is 0 Å². The predicted octanol–water partition coefficient (Wildman–Crippen LogP) is 3.33. The smallest absolute Gasteiger partial charge is 0.414 e. The van der Waals surface area contributed by atoms with E-state index in [4.69, 9.17) is 9.47 Å². The Hall–Kier alpha value is -1.97. The minimum Gasteiger partial charge on any atom is -0.497 e. The summed E-state index contributed by atoms with van der Waals surface area (Å²) in [6, 6.07) is 5.82. The van der Waals surface area contributed by atoms with E-state index in [9.17, 15) is 4.79 Å². The van der Waals surface area contributed by atoms with Gasteiger partial charge in [-0.2, -0.15) is 0 Å². The van der Waals surface area contributed by atoms with Crippen LogP contribution in [0.2, 0.25) is 0 Å². The van der Waals surface area contributed by atoms with Crippen LogP contribution in [0.15, 0.2) is 30.9 Å². The average Bonchev–Trinajstić information content (AvgIpc) is 2.68. The Kier molecular flexibility index (Phi) is 3.79. The minimum atomic E-state index is -0.330. The number of amides is 1. The Morgan fingerprint density at radius 3 is 2.84 bits per heavy atom. The lowest BCUT2D eigenvalue weighted by atomic mass is 9.98. The molecule has 4 nitrogen and oxygen atoms in total. The van der Waals surface area contributed by atoms with Gasteiger partial charge in [0.05, 0.1) is 12.8 Å². The summed E-state index contributed by atoms with van der Waals surface area (Å²) >= 11 is 0. The molecule has 0 saturated heterocycles. The van der Waals surface area contributed by atoms with E-state index >= 15 is 0 Å². The normalized spacial score (nSPS) is 20.9. The third kappa shape index (κ3) is 2.30. The molecule has 0 aliphatic carbocycles. The third-order valence-corrected chi connectivity index (χ3v) is 3.64. The molecule has 0 spiro atoms. The van der Waals surface area contributed by atoms with Crippen molar-refractivity contribution < 1.29 is 14.3 Å². The van der Waals surface area contributed by atoms with Gasteiger partial charge < -0.3 is 9.47 Å². The van der Waals surface area contributed by atoms with Crippen molar-refractivity contribution >= 4 is 11.8 Å². The number of hydrogen-bond acceptors (Lipinski definition) is 3. The van der Waals surface area contributed by atoms with Crippen molar-refractivity contribution in [3.05, 3.63) is 36.4 Å². The highest BCUT2D eigenvalue weighted by atomic mass is 16.6. The number of carbonyl (C=O) groups is 1. The van der Waals surface area contributed by atoms with Gasteiger partial charge in [0.25, 0.3) is 0 Å². The lowest BCUT2D eigenvalue weighted by molar-refractivity contribution is 0.164. The van der Waals surface area contributed by atoms with Crippen LogP contribution >= 0.6 is 0 Å². The Labute approximate surface area is 113 Å². The van der Waals surface area contributed by atoms with Crippen molar-refractivity contribution in [2.24, 2.45) is 0 Å². The third-order valence-electron chi connectivity index (χ3n) is 3.64. The van der Waals surface area contributed by atoms with Crippen molar-refractivity contribution in [3.63, 3.8) is 0 Å². The average molecular weight is 261 g/mol. The number of rotatable bonds is 3. The van der Waals surface area contributed by atoms with E-state index in [-0.39, 0.29) is 24.7 Å². The summed E-state index contributed by atoms with van der Waals surface area (Å²) in [6.07, 6.45) is 1.24. The molecule has 0 N–H and O–H groups in total. The molecule has 0 fully saturated rings. The topological polar surface area (TPSA) is 38.8 Å². The molecule has 0 unspecified atom stereocenters. The standard InChI is InChI=1S/C15H19NO3/c1-5-8-19-15(17)16-11(3)10(2)13-9-12(18-4)6-7-14(13)16/h5-7,9-11H,1,8H2,2-4H3/t10-,11+/m0/s1. The van der Waals surface area contributed by atoms with Gasteiger partial charge in [-0.3, -0.25) is 4.90 Å². The fraction of sp³-hybridized carbons (Fsp3) is 0.400. The van der Waals surface area contributed by atoms with E-state index in [1.165, 1.54) is 0 Å². The van der Waals surface area contributed by atoms with E-state index in [1.807, 2.05) is 25.1 Å². The zero-order chi connectivity index (χ0) is 14.0. The number of methoxy groups -OCH3 is 1. The fourth-order valence-electron chi connectivity index (χ4n) is 2.41. The molecular formula is C15H19NO3. The van der Waals surface area contributed by atoms with Crippen molar-refractivity contribution in [2.75, 3.05) is 18.6 Å². The van der Waals surface area contributed by atoms with E-state index in [0.717, 1.165) is 17.0 Å². The SMILES string of the molecule is C=CCOC(=O)N1c2ccc(OC)cc2[C@@H](C)[C@H]1C. The van der Waals surface area contributed by atoms with E-state index in [2.05, 4.69) is 13.5 Å². The van der Waals surface area contributed by atoms with Gasteiger partial charge in [-0.05, 0) is 30.7 Å². The summed E-state index contributed by atoms with van der Waals surface area (Å²) < 4.78 is 10.4. The first-order valence-corrected chi connectivity index (χ1v) is 6.35. The number of ether oxygens (including phenoxy) is 2. The summed E-state index contributed by atoms with van der Waals surface area (Å²) in [5.74, 6) is 1.06. The molecule has 2 rings (SSSR count). The maximum absolute atomic E-state index is 12.1. The van der Waals surface area contributed by atoms with Crippen LogP contribution in [0.25, 0.3) is 0 Å². The van der Waals surface area contributed by atoms with Gasteiger partial charge in [0.1, 0.15) is 12.4 Å². The molecule has 1 aliphatic rings. The monoisotopic (exact) mass is 261 g/mol. The van der Waals surface area contributed by atoms with Crippen LogP contribution in [-0.2, 0) is 4.74 Å². The zero-order valence-electron chi connectivity index (χ0n) is 11.6. The summed E-state index contributed by atoms with van der Waals surface area (Å²) in [4.78, 5) is 13.8. The van der Waals surface area contributed by atoms with Crippen LogP contribution in [0.4, 0.5) is 10.5 Å². The highest BCUT2D eigenvalue weighted by molar-refractivity contribution is 5.92. The molecule has 1 aliphatic heterocycles. The molecule has 1 amide bonds. The zero-order valence-corrected chi connectivity index (χ0v) is 11.6. The molecule has 0 bridgehead atoms. The second kappa shape index (κ2) is 5.34. The Balaban J connectivity index is 2.33. The van der Waals surface area contributed by atoms with Gasteiger partial charge in [0, 0.05) is 12.0 Å². The van der Waals surface area contributed by atoms with Gasteiger partial charge in [-0.1, -0.05) is 19.6 Å².